The molecule has 22 heavy (non-hydrogen) atoms. The lowest BCUT2D eigenvalue weighted by Crippen LogP contribution is -2.47. The van der Waals surface area contributed by atoms with E-state index in [4.69, 9.17) is 5.26 Å². The Morgan fingerprint density at radius 2 is 2.18 bits per heavy atom. The molecule has 1 aromatic rings. The number of rotatable bonds is 2. The number of nitrogens with one attached hydrogen (secondary N) is 1. The number of hydrogen-bond donors (Lipinski definition) is 1. The zero-order valence-corrected chi connectivity index (χ0v) is 12.1. The Balaban J connectivity index is 2.25. The van der Waals surface area contributed by atoms with Gasteiger partial charge < -0.3 is 10.2 Å². The van der Waals surface area contributed by atoms with Crippen molar-refractivity contribution in [2.45, 2.75) is 32.0 Å². The molecule has 0 aromatic heterocycles. The van der Waals surface area contributed by atoms with Gasteiger partial charge in [0.15, 0.2) is 0 Å². The molecule has 1 amide bonds. The molecular formula is C15H16F3N3O. The van der Waals surface area contributed by atoms with Gasteiger partial charge in [0.25, 0.3) is 0 Å². The molecule has 0 unspecified atom stereocenters. The molecule has 2 rings (SSSR count). The Morgan fingerprint density at radius 3 is 2.77 bits per heavy atom. The van der Waals surface area contributed by atoms with Gasteiger partial charge in [-0.2, -0.15) is 18.4 Å². The number of benzene rings is 1. The summed E-state index contributed by atoms with van der Waals surface area (Å²) in [6.07, 6.45) is -2.97. The average Bonchev–Trinajstić information content (AvgIpc) is 2.45. The molecule has 1 aromatic carbocycles. The summed E-state index contributed by atoms with van der Waals surface area (Å²) in [6.45, 7) is 2.50. The second kappa shape index (κ2) is 6.26. The third-order valence-electron chi connectivity index (χ3n) is 3.62. The van der Waals surface area contributed by atoms with E-state index < -0.39 is 11.7 Å². The van der Waals surface area contributed by atoms with Crippen LogP contribution in [-0.4, -0.2) is 25.0 Å². The Labute approximate surface area is 126 Å². The van der Waals surface area contributed by atoms with E-state index in [1.54, 1.807) is 11.0 Å². The molecule has 7 heteroatoms. The zero-order valence-electron chi connectivity index (χ0n) is 12.1. The Morgan fingerprint density at radius 1 is 1.45 bits per heavy atom. The van der Waals surface area contributed by atoms with Gasteiger partial charge in [-0.05, 0) is 31.0 Å². The summed E-state index contributed by atoms with van der Waals surface area (Å²) in [4.78, 5) is 12.9. The summed E-state index contributed by atoms with van der Waals surface area (Å²) in [5, 5.41) is 11.6. The van der Waals surface area contributed by atoms with Gasteiger partial charge in [0.1, 0.15) is 0 Å². The van der Waals surface area contributed by atoms with Crippen LogP contribution in [0.4, 0.5) is 18.9 Å². The maximum atomic E-state index is 13.0. The highest BCUT2D eigenvalue weighted by molar-refractivity contribution is 5.73. The number of nitriles is 1. The highest BCUT2D eigenvalue weighted by atomic mass is 19.4. The molecule has 1 fully saturated rings. The molecule has 0 spiro atoms. The molecule has 118 valence electrons. The number of amides is 1. The normalized spacial score (nSPS) is 18.7. The Kier molecular flexibility index (Phi) is 4.59. The maximum Gasteiger partial charge on any atom is 0.417 e. The lowest BCUT2D eigenvalue weighted by Gasteiger charge is -2.35. The topological polar surface area (TPSA) is 56.1 Å². The van der Waals surface area contributed by atoms with E-state index in [9.17, 15) is 18.0 Å². The first-order chi connectivity index (χ1) is 10.3. The van der Waals surface area contributed by atoms with Crippen molar-refractivity contribution in [3.63, 3.8) is 0 Å². The fraction of sp³-hybridized carbons (Fsp3) is 0.467. The first-order valence-electron chi connectivity index (χ1n) is 6.94. The van der Waals surface area contributed by atoms with Gasteiger partial charge in [-0.25, -0.2) is 0 Å². The quantitative estimate of drug-likeness (QED) is 0.913. The molecule has 0 saturated carbocycles. The van der Waals surface area contributed by atoms with E-state index in [1.807, 2.05) is 0 Å². The van der Waals surface area contributed by atoms with E-state index >= 15 is 0 Å². The molecular weight excluding hydrogens is 295 g/mol. The fourth-order valence-electron chi connectivity index (χ4n) is 2.68. The number of nitrogens with zero attached hydrogens (tertiary/aromatic N) is 2. The molecule has 1 aliphatic heterocycles. The van der Waals surface area contributed by atoms with Crippen LogP contribution in [0.2, 0.25) is 0 Å². The first kappa shape index (κ1) is 16.1. The van der Waals surface area contributed by atoms with Crippen molar-refractivity contribution in [2.24, 2.45) is 0 Å². The van der Waals surface area contributed by atoms with Crippen LogP contribution in [0.25, 0.3) is 0 Å². The first-order valence-corrected chi connectivity index (χ1v) is 6.94. The molecule has 4 nitrogen and oxygen atoms in total. The van der Waals surface area contributed by atoms with Crippen LogP contribution in [0.15, 0.2) is 18.2 Å². The molecule has 0 aliphatic carbocycles. The van der Waals surface area contributed by atoms with Crippen LogP contribution in [-0.2, 0) is 11.0 Å². The summed E-state index contributed by atoms with van der Waals surface area (Å²) in [7, 11) is 0. The zero-order chi connectivity index (χ0) is 16.3. The minimum atomic E-state index is -4.56. The number of piperidine rings is 1. The summed E-state index contributed by atoms with van der Waals surface area (Å²) in [5.74, 6) is -0.150. The fourth-order valence-corrected chi connectivity index (χ4v) is 2.68. The summed E-state index contributed by atoms with van der Waals surface area (Å²) >= 11 is 0. The van der Waals surface area contributed by atoms with Crippen molar-refractivity contribution in [1.29, 1.82) is 5.26 Å². The number of hydrogen-bond acceptors (Lipinski definition) is 3. The minimum absolute atomic E-state index is 0.0729. The number of carbonyl (C=O) groups excluding carboxylic acids is 1. The predicted molar refractivity (Wildman–Crippen MR) is 75.2 cm³/mol. The van der Waals surface area contributed by atoms with Crippen LogP contribution in [0.1, 0.15) is 30.9 Å². The summed E-state index contributed by atoms with van der Waals surface area (Å²) in [6, 6.07) is 5.22. The van der Waals surface area contributed by atoms with Gasteiger partial charge in [0.2, 0.25) is 5.91 Å². The van der Waals surface area contributed by atoms with E-state index in [1.165, 1.54) is 19.1 Å². The predicted octanol–water partition coefficient (Wildman–Crippen LogP) is 2.68. The van der Waals surface area contributed by atoms with E-state index in [0.717, 1.165) is 18.9 Å². The maximum absolute atomic E-state index is 13.0. The van der Waals surface area contributed by atoms with Gasteiger partial charge in [-0.1, -0.05) is 0 Å². The molecule has 1 saturated heterocycles. The lowest BCUT2D eigenvalue weighted by atomic mass is 10.0. The Hall–Kier alpha value is -2.23. The molecule has 1 aliphatic rings. The van der Waals surface area contributed by atoms with Crippen molar-refractivity contribution < 1.29 is 18.0 Å². The van der Waals surface area contributed by atoms with E-state index in [-0.39, 0.29) is 17.5 Å². The van der Waals surface area contributed by atoms with Crippen LogP contribution in [0.5, 0.6) is 0 Å². The van der Waals surface area contributed by atoms with Gasteiger partial charge in [0, 0.05) is 31.7 Å². The number of anilines is 1. The summed E-state index contributed by atoms with van der Waals surface area (Å²) in [5.41, 5.74) is -0.887. The largest absolute Gasteiger partial charge is 0.417 e. The van der Waals surface area contributed by atoms with Gasteiger partial charge in [0.05, 0.1) is 17.2 Å². The molecule has 1 N–H and O–H groups in total. The minimum Gasteiger partial charge on any atom is -0.369 e. The van der Waals surface area contributed by atoms with Crippen molar-refractivity contribution in [3.05, 3.63) is 29.3 Å². The van der Waals surface area contributed by atoms with Crippen molar-refractivity contribution in [3.8, 4) is 6.07 Å². The number of halogens is 3. The lowest BCUT2D eigenvalue weighted by molar-refractivity contribution is -0.137. The van der Waals surface area contributed by atoms with Gasteiger partial charge in [-0.3, -0.25) is 4.79 Å². The molecule has 1 atom stereocenters. The second-order valence-electron chi connectivity index (χ2n) is 5.33. The number of carbonyl (C=O) groups is 1. The highest BCUT2D eigenvalue weighted by Crippen LogP contribution is 2.35. The van der Waals surface area contributed by atoms with Gasteiger partial charge in [-0.15, -0.1) is 0 Å². The molecule has 1 heterocycles. The smallest absolute Gasteiger partial charge is 0.369 e. The molecule has 0 bridgehead atoms. The van der Waals surface area contributed by atoms with Crippen molar-refractivity contribution in [1.82, 2.24) is 5.32 Å². The van der Waals surface area contributed by atoms with Gasteiger partial charge >= 0.3 is 6.18 Å². The number of alkyl halides is 3. The van der Waals surface area contributed by atoms with Crippen molar-refractivity contribution >= 4 is 11.6 Å². The SMILES string of the molecule is CC(=O)N[C@H]1CCCN(c2ccc(C#N)c(C(F)(F)F)c2)C1. The monoisotopic (exact) mass is 311 g/mol. The average molecular weight is 311 g/mol. The third kappa shape index (κ3) is 3.70. The highest BCUT2D eigenvalue weighted by Gasteiger charge is 2.34. The van der Waals surface area contributed by atoms with E-state index in [2.05, 4.69) is 5.32 Å². The van der Waals surface area contributed by atoms with Crippen LogP contribution >= 0.6 is 0 Å². The van der Waals surface area contributed by atoms with E-state index in [0.29, 0.717) is 18.8 Å². The van der Waals surface area contributed by atoms with Crippen LogP contribution < -0.4 is 10.2 Å². The van der Waals surface area contributed by atoms with Crippen LogP contribution in [0, 0.1) is 11.3 Å². The Bertz CT molecular complexity index is 607. The van der Waals surface area contributed by atoms with Crippen molar-refractivity contribution in [2.75, 3.05) is 18.0 Å². The molecule has 0 radical (unpaired) electrons. The second-order valence-corrected chi connectivity index (χ2v) is 5.33. The standard InChI is InChI=1S/C15H16F3N3O/c1-10(22)20-12-3-2-6-21(9-12)13-5-4-11(8-19)14(7-13)15(16,17)18/h4-5,7,12H,2-3,6,9H2,1H3,(H,20,22)/t12-/m0/s1. The summed E-state index contributed by atoms with van der Waals surface area (Å²) < 4.78 is 39.0. The van der Waals surface area contributed by atoms with Crippen LogP contribution in [0.3, 0.4) is 0 Å². The third-order valence-corrected chi connectivity index (χ3v) is 3.62.